The third kappa shape index (κ3) is 2.98. The molecule has 1 aliphatic rings. The number of carbonyl (C=O) groups excluding carboxylic acids is 1. The van der Waals surface area contributed by atoms with Gasteiger partial charge in [-0.25, -0.2) is 4.79 Å². The predicted molar refractivity (Wildman–Crippen MR) is 50.2 cm³/mol. The Balaban J connectivity index is 2.28. The van der Waals surface area contributed by atoms with Gasteiger partial charge in [0.15, 0.2) is 6.61 Å². The highest BCUT2D eigenvalue weighted by Crippen LogP contribution is 2.16. The molecule has 0 aromatic heterocycles. The topological polar surface area (TPSA) is 29.5 Å². The number of amides is 1. The summed E-state index contributed by atoms with van der Waals surface area (Å²) in [6.45, 7) is 3.87. The second kappa shape index (κ2) is 4.76. The molecule has 13 heavy (non-hydrogen) atoms. The van der Waals surface area contributed by atoms with Crippen LogP contribution >= 0.6 is 0 Å². The minimum atomic E-state index is -0.273. The Hall–Kier alpha value is -1.17. The summed E-state index contributed by atoms with van der Waals surface area (Å²) in [5.74, 6) is 3.00. The Kier molecular flexibility index (Phi) is 3.63. The molecule has 3 nitrogen and oxygen atoms in total. The monoisotopic (exact) mass is 181 g/mol. The van der Waals surface area contributed by atoms with E-state index in [1.807, 2.05) is 0 Å². The molecular weight excluding hydrogens is 166 g/mol. The van der Waals surface area contributed by atoms with Crippen LogP contribution < -0.4 is 0 Å². The summed E-state index contributed by atoms with van der Waals surface area (Å²) >= 11 is 0. The zero-order valence-corrected chi connectivity index (χ0v) is 7.95. The molecule has 1 rings (SSSR count). The predicted octanol–water partition coefficient (Wildman–Crippen LogP) is 1.49. The molecule has 0 atom stereocenters. The number of piperidine rings is 1. The molecular formula is C10H15NO2. The fraction of sp³-hybridized carbons (Fsp3) is 0.700. The van der Waals surface area contributed by atoms with Crippen molar-refractivity contribution in [3.8, 4) is 12.3 Å². The van der Waals surface area contributed by atoms with Crippen molar-refractivity contribution >= 4 is 6.09 Å². The van der Waals surface area contributed by atoms with Crippen LogP contribution in [-0.2, 0) is 4.74 Å². The third-order valence-electron chi connectivity index (χ3n) is 2.32. The van der Waals surface area contributed by atoms with Crippen LogP contribution in [0.25, 0.3) is 0 Å². The van der Waals surface area contributed by atoms with Gasteiger partial charge in [-0.2, -0.15) is 0 Å². The number of ether oxygens (including phenoxy) is 1. The van der Waals surface area contributed by atoms with Crippen LogP contribution in [0.1, 0.15) is 19.8 Å². The van der Waals surface area contributed by atoms with Gasteiger partial charge in [-0.3, -0.25) is 0 Å². The van der Waals surface area contributed by atoms with Gasteiger partial charge in [0, 0.05) is 13.1 Å². The number of hydrogen-bond acceptors (Lipinski definition) is 2. The van der Waals surface area contributed by atoms with E-state index in [1.165, 1.54) is 0 Å². The van der Waals surface area contributed by atoms with E-state index in [0.29, 0.717) is 0 Å². The normalized spacial score (nSPS) is 18.0. The van der Waals surface area contributed by atoms with Crippen molar-refractivity contribution in [2.45, 2.75) is 19.8 Å². The van der Waals surface area contributed by atoms with E-state index in [1.54, 1.807) is 4.90 Å². The molecule has 0 saturated carbocycles. The quantitative estimate of drug-likeness (QED) is 0.573. The summed E-state index contributed by atoms with van der Waals surface area (Å²) in [7, 11) is 0. The van der Waals surface area contributed by atoms with E-state index >= 15 is 0 Å². The molecule has 1 fully saturated rings. The number of terminal acetylenes is 1. The molecule has 1 aliphatic heterocycles. The van der Waals surface area contributed by atoms with Gasteiger partial charge in [-0.1, -0.05) is 12.8 Å². The average molecular weight is 181 g/mol. The maximum atomic E-state index is 11.3. The van der Waals surface area contributed by atoms with Crippen LogP contribution in [-0.4, -0.2) is 30.7 Å². The van der Waals surface area contributed by atoms with Crippen LogP contribution in [0.5, 0.6) is 0 Å². The number of carbonyl (C=O) groups is 1. The van der Waals surface area contributed by atoms with E-state index in [4.69, 9.17) is 11.2 Å². The smallest absolute Gasteiger partial charge is 0.410 e. The third-order valence-corrected chi connectivity index (χ3v) is 2.32. The summed E-state index contributed by atoms with van der Waals surface area (Å²) in [4.78, 5) is 13.0. The van der Waals surface area contributed by atoms with E-state index in [2.05, 4.69) is 12.8 Å². The molecule has 0 bridgehead atoms. The molecule has 0 radical (unpaired) electrons. The second-order valence-electron chi connectivity index (χ2n) is 3.43. The first kappa shape index (κ1) is 9.91. The van der Waals surface area contributed by atoms with Crippen LogP contribution in [0, 0.1) is 18.3 Å². The van der Waals surface area contributed by atoms with E-state index < -0.39 is 0 Å². The lowest BCUT2D eigenvalue weighted by Gasteiger charge is -2.29. The number of rotatable bonds is 1. The maximum absolute atomic E-state index is 11.3. The lowest BCUT2D eigenvalue weighted by Crippen LogP contribution is -2.38. The number of nitrogens with zero attached hydrogens (tertiary/aromatic N) is 1. The summed E-state index contributed by atoms with van der Waals surface area (Å²) in [6.07, 6.45) is 6.83. The van der Waals surface area contributed by atoms with Gasteiger partial charge in [0.25, 0.3) is 0 Å². The molecule has 0 aliphatic carbocycles. The second-order valence-corrected chi connectivity index (χ2v) is 3.43. The van der Waals surface area contributed by atoms with Gasteiger partial charge in [-0.05, 0) is 18.8 Å². The van der Waals surface area contributed by atoms with Crippen molar-refractivity contribution in [1.29, 1.82) is 0 Å². The van der Waals surface area contributed by atoms with Gasteiger partial charge >= 0.3 is 6.09 Å². The molecule has 1 heterocycles. The van der Waals surface area contributed by atoms with Gasteiger partial charge in [0.2, 0.25) is 0 Å². The summed E-state index contributed by atoms with van der Waals surface area (Å²) in [5, 5.41) is 0. The molecule has 72 valence electrons. The van der Waals surface area contributed by atoms with Crippen LogP contribution in [0.4, 0.5) is 4.79 Å². The zero-order valence-electron chi connectivity index (χ0n) is 7.95. The molecule has 1 saturated heterocycles. The fourth-order valence-electron chi connectivity index (χ4n) is 1.39. The van der Waals surface area contributed by atoms with Crippen molar-refractivity contribution in [1.82, 2.24) is 4.90 Å². The van der Waals surface area contributed by atoms with Crippen molar-refractivity contribution in [3.63, 3.8) is 0 Å². The first-order valence-electron chi connectivity index (χ1n) is 4.59. The standard InChI is InChI=1S/C10H15NO2/c1-3-8-13-10(12)11-6-4-9(2)5-7-11/h1,9H,4-8H2,2H3. The average Bonchev–Trinajstić information content (AvgIpc) is 2.15. The molecule has 3 heteroatoms. The van der Waals surface area contributed by atoms with Crippen LogP contribution in [0.15, 0.2) is 0 Å². The first-order valence-corrected chi connectivity index (χ1v) is 4.59. The van der Waals surface area contributed by atoms with E-state index in [-0.39, 0.29) is 12.7 Å². The Morgan fingerprint density at radius 2 is 2.23 bits per heavy atom. The van der Waals surface area contributed by atoms with Gasteiger partial charge in [0.05, 0.1) is 0 Å². The first-order chi connectivity index (χ1) is 6.24. The molecule has 0 unspecified atom stereocenters. The molecule has 0 aromatic rings. The highest BCUT2D eigenvalue weighted by atomic mass is 16.6. The molecule has 0 spiro atoms. The van der Waals surface area contributed by atoms with Crippen molar-refractivity contribution in [2.24, 2.45) is 5.92 Å². The van der Waals surface area contributed by atoms with Crippen LogP contribution in [0.2, 0.25) is 0 Å². The Morgan fingerprint density at radius 1 is 1.62 bits per heavy atom. The molecule has 0 N–H and O–H groups in total. The Labute approximate surface area is 79.1 Å². The summed E-state index contributed by atoms with van der Waals surface area (Å²) in [6, 6.07) is 0. The minimum Gasteiger partial charge on any atom is -0.436 e. The highest BCUT2D eigenvalue weighted by molar-refractivity contribution is 5.67. The minimum absolute atomic E-state index is 0.0743. The Morgan fingerprint density at radius 3 is 2.77 bits per heavy atom. The largest absolute Gasteiger partial charge is 0.436 e. The van der Waals surface area contributed by atoms with Crippen molar-refractivity contribution in [2.75, 3.05) is 19.7 Å². The molecule has 0 aromatic carbocycles. The van der Waals surface area contributed by atoms with Gasteiger partial charge in [0.1, 0.15) is 0 Å². The lowest BCUT2D eigenvalue weighted by molar-refractivity contribution is 0.0993. The van der Waals surface area contributed by atoms with Crippen molar-refractivity contribution in [3.05, 3.63) is 0 Å². The van der Waals surface area contributed by atoms with Gasteiger partial charge in [-0.15, -0.1) is 6.42 Å². The van der Waals surface area contributed by atoms with E-state index in [9.17, 15) is 4.79 Å². The van der Waals surface area contributed by atoms with Crippen molar-refractivity contribution < 1.29 is 9.53 Å². The summed E-state index contributed by atoms with van der Waals surface area (Å²) in [5.41, 5.74) is 0. The highest BCUT2D eigenvalue weighted by Gasteiger charge is 2.20. The Bertz CT molecular complexity index is 211. The molecule has 1 amide bonds. The number of likely N-dealkylation sites (tertiary alicyclic amines) is 1. The lowest BCUT2D eigenvalue weighted by atomic mass is 10.00. The zero-order chi connectivity index (χ0) is 9.68. The summed E-state index contributed by atoms with van der Waals surface area (Å²) < 4.78 is 4.82. The maximum Gasteiger partial charge on any atom is 0.410 e. The van der Waals surface area contributed by atoms with Crippen LogP contribution in [0.3, 0.4) is 0 Å². The fourth-order valence-corrected chi connectivity index (χ4v) is 1.39. The number of hydrogen-bond donors (Lipinski definition) is 0. The van der Waals surface area contributed by atoms with E-state index in [0.717, 1.165) is 31.8 Å². The SMILES string of the molecule is C#CCOC(=O)N1CCC(C)CC1. The van der Waals surface area contributed by atoms with Gasteiger partial charge < -0.3 is 9.64 Å².